The quantitative estimate of drug-likeness (QED) is 0.174. The number of thioether (sulfide) groups is 1. The van der Waals surface area contributed by atoms with Gasteiger partial charge < -0.3 is 10.1 Å². The van der Waals surface area contributed by atoms with Gasteiger partial charge >= 0.3 is 5.97 Å². The number of carboxylic acids is 1. The van der Waals surface area contributed by atoms with Crippen molar-refractivity contribution in [1.82, 2.24) is 9.97 Å². The van der Waals surface area contributed by atoms with E-state index in [2.05, 4.69) is 22.1 Å². The summed E-state index contributed by atoms with van der Waals surface area (Å²) in [5.74, 6) is 0.493. The molecule has 2 aromatic rings. The fourth-order valence-corrected chi connectivity index (χ4v) is 4.73. The van der Waals surface area contributed by atoms with Crippen LogP contribution in [-0.4, -0.2) is 26.8 Å². The van der Waals surface area contributed by atoms with Crippen molar-refractivity contribution >= 4 is 28.8 Å². The van der Waals surface area contributed by atoms with Crippen LogP contribution in [0, 0.1) is 0 Å². The van der Waals surface area contributed by atoms with Gasteiger partial charge in [0.1, 0.15) is 0 Å². The first-order valence-corrected chi connectivity index (χ1v) is 13.0. The highest BCUT2D eigenvalue weighted by molar-refractivity contribution is 7.99. The number of aliphatic carboxylic acids is 1. The Morgan fingerprint density at radius 3 is 1.80 bits per heavy atom. The molecule has 0 aliphatic carbocycles. The molecule has 1 aromatic carbocycles. The highest BCUT2D eigenvalue weighted by Gasteiger charge is 2.02. The summed E-state index contributed by atoms with van der Waals surface area (Å²) >= 11 is 1.84. The number of H-pyrrole nitrogens is 1. The van der Waals surface area contributed by atoms with Crippen LogP contribution in [0.4, 0.5) is 0 Å². The molecule has 0 aliphatic rings. The zero-order valence-corrected chi connectivity index (χ0v) is 19.4. The van der Waals surface area contributed by atoms with Crippen LogP contribution in [0.3, 0.4) is 0 Å². The maximum Gasteiger partial charge on any atom is 0.303 e. The van der Waals surface area contributed by atoms with E-state index >= 15 is 0 Å². The average molecular weight is 433 g/mol. The molecule has 0 fully saturated rings. The fourth-order valence-electron chi connectivity index (χ4n) is 3.84. The predicted molar refractivity (Wildman–Crippen MR) is 128 cm³/mol. The van der Waals surface area contributed by atoms with Gasteiger partial charge in [-0.2, -0.15) is 0 Å². The molecular formula is C25H40N2O2S. The summed E-state index contributed by atoms with van der Waals surface area (Å²) in [6, 6.07) is 8.22. The molecule has 0 spiro atoms. The van der Waals surface area contributed by atoms with Gasteiger partial charge in [-0.3, -0.25) is 4.79 Å². The number of para-hydroxylation sites is 2. The van der Waals surface area contributed by atoms with E-state index in [4.69, 9.17) is 5.11 Å². The lowest BCUT2D eigenvalue weighted by Crippen LogP contribution is -1.93. The maximum absolute atomic E-state index is 10.4. The molecule has 0 aliphatic heterocycles. The number of unbranched alkanes of at least 4 members (excludes halogenated alkanes) is 14. The van der Waals surface area contributed by atoms with Crippen LogP contribution in [0.15, 0.2) is 29.4 Å². The molecule has 0 unspecified atom stereocenters. The minimum absolute atomic E-state index is 0.335. The lowest BCUT2D eigenvalue weighted by Gasteiger charge is -2.03. The van der Waals surface area contributed by atoms with Crippen LogP contribution in [0.25, 0.3) is 11.0 Å². The topological polar surface area (TPSA) is 66.0 Å². The van der Waals surface area contributed by atoms with Crippen LogP contribution in [0.5, 0.6) is 0 Å². The molecule has 2 rings (SSSR count). The highest BCUT2D eigenvalue weighted by atomic mass is 32.2. The Morgan fingerprint density at radius 1 is 0.767 bits per heavy atom. The molecule has 0 bridgehead atoms. The Balaban J connectivity index is 1.28. The van der Waals surface area contributed by atoms with E-state index in [1.807, 2.05) is 23.9 Å². The second kappa shape index (κ2) is 16.2. The van der Waals surface area contributed by atoms with Gasteiger partial charge in [0, 0.05) is 12.2 Å². The second-order valence-electron chi connectivity index (χ2n) is 8.35. The smallest absolute Gasteiger partial charge is 0.303 e. The Labute approximate surface area is 186 Å². The van der Waals surface area contributed by atoms with Crippen molar-refractivity contribution in [2.75, 3.05) is 5.75 Å². The van der Waals surface area contributed by atoms with Crippen LogP contribution in [0.1, 0.15) is 103 Å². The van der Waals surface area contributed by atoms with Gasteiger partial charge in [0.2, 0.25) is 0 Å². The minimum Gasteiger partial charge on any atom is -0.481 e. The van der Waals surface area contributed by atoms with E-state index < -0.39 is 5.97 Å². The second-order valence-corrected chi connectivity index (χ2v) is 9.44. The van der Waals surface area contributed by atoms with E-state index in [1.54, 1.807) is 0 Å². The molecule has 1 aromatic heterocycles. The first-order chi connectivity index (χ1) is 14.8. The summed E-state index contributed by atoms with van der Waals surface area (Å²) in [5, 5.41) is 9.65. The number of carbonyl (C=O) groups is 1. The number of nitrogens with one attached hydrogen (secondary N) is 1. The van der Waals surface area contributed by atoms with Gasteiger partial charge in [0.05, 0.1) is 11.0 Å². The number of rotatable bonds is 19. The summed E-state index contributed by atoms with van der Waals surface area (Å²) in [5.41, 5.74) is 2.20. The number of aromatic amines is 1. The molecule has 5 heteroatoms. The van der Waals surface area contributed by atoms with Gasteiger partial charge in [0.15, 0.2) is 5.16 Å². The van der Waals surface area contributed by atoms with Crippen molar-refractivity contribution < 1.29 is 9.90 Å². The molecule has 0 saturated carbocycles. The fraction of sp³-hybridized carbons (Fsp3) is 0.680. The highest BCUT2D eigenvalue weighted by Crippen LogP contribution is 2.21. The van der Waals surface area contributed by atoms with Crippen LogP contribution >= 0.6 is 11.8 Å². The Morgan fingerprint density at radius 2 is 1.27 bits per heavy atom. The predicted octanol–water partition coefficient (Wildman–Crippen LogP) is 7.98. The van der Waals surface area contributed by atoms with Gasteiger partial charge in [0.25, 0.3) is 0 Å². The Kier molecular flexibility index (Phi) is 13.4. The van der Waals surface area contributed by atoms with E-state index in [9.17, 15) is 4.79 Å². The van der Waals surface area contributed by atoms with E-state index in [0.29, 0.717) is 6.42 Å². The zero-order chi connectivity index (χ0) is 21.3. The molecule has 1 heterocycles. The zero-order valence-electron chi connectivity index (χ0n) is 18.5. The summed E-state index contributed by atoms with van der Waals surface area (Å²) < 4.78 is 0. The number of carboxylic acid groups (broad SMARTS) is 1. The normalized spacial score (nSPS) is 11.3. The first-order valence-electron chi connectivity index (χ1n) is 12.0. The lowest BCUT2D eigenvalue weighted by atomic mass is 10.0. The molecule has 2 N–H and O–H groups in total. The van der Waals surface area contributed by atoms with Crippen LogP contribution in [-0.2, 0) is 4.79 Å². The van der Waals surface area contributed by atoms with E-state index in [-0.39, 0.29) is 0 Å². The Bertz CT molecular complexity index is 668. The van der Waals surface area contributed by atoms with Crippen molar-refractivity contribution in [3.8, 4) is 0 Å². The molecular weight excluding hydrogens is 392 g/mol. The van der Waals surface area contributed by atoms with Crippen LogP contribution < -0.4 is 0 Å². The minimum atomic E-state index is -0.659. The monoisotopic (exact) mass is 432 g/mol. The molecule has 0 saturated heterocycles. The lowest BCUT2D eigenvalue weighted by molar-refractivity contribution is -0.137. The third-order valence-electron chi connectivity index (χ3n) is 5.64. The van der Waals surface area contributed by atoms with Gasteiger partial charge in [-0.05, 0) is 25.0 Å². The third kappa shape index (κ3) is 11.6. The number of imidazole rings is 1. The number of hydrogen-bond acceptors (Lipinski definition) is 3. The summed E-state index contributed by atoms with van der Waals surface area (Å²) in [4.78, 5) is 18.4. The number of nitrogens with zero attached hydrogens (tertiary/aromatic N) is 1. The summed E-state index contributed by atoms with van der Waals surface area (Å²) in [6.07, 6.45) is 19.7. The molecule has 0 radical (unpaired) electrons. The van der Waals surface area contributed by atoms with Gasteiger partial charge in [-0.15, -0.1) is 0 Å². The van der Waals surface area contributed by atoms with Crippen molar-refractivity contribution in [2.45, 2.75) is 108 Å². The number of fused-ring (bicyclic) bond motifs is 1. The number of benzene rings is 1. The first kappa shape index (κ1) is 24.8. The maximum atomic E-state index is 10.4. The molecule has 0 atom stereocenters. The number of hydrogen-bond donors (Lipinski definition) is 2. The van der Waals surface area contributed by atoms with E-state index in [0.717, 1.165) is 34.8 Å². The average Bonchev–Trinajstić information content (AvgIpc) is 3.15. The largest absolute Gasteiger partial charge is 0.481 e. The SMILES string of the molecule is O=C(O)CCCCCCCCCCCCCCCCCSc1nc2ccccc2[nH]1. The van der Waals surface area contributed by atoms with Crippen molar-refractivity contribution in [3.05, 3.63) is 24.3 Å². The summed E-state index contributed by atoms with van der Waals surface area (Å²) in [7, 11) is 0. The Hall–Kier alpha value is -1.49. The molecule has 4 nitrogen and oxygen atoms in total. The van der Waals surface area contributed by atoms with E-state index in [1.165, 1.54) is 83.5 Å². The molecule has 168 valence electrons. The molecule has 0 amide bonds. The van der Waals surface area contributed by atoms with Crippen molar-refractivity contribution in [3.63, 3.8) is 0 Å². The third-order valence-corrected chi connectivity index (χ3v) is 6.60. The number of aromatic nitrogens is 2. The molecule has 30 heavy (non-hydrogen) atoms. The van der Waals surface area contributed by atoms with Crippen molar-refractivity contribution in [1.29, 1.82) is 0 Å². The van der Waals surface area contributed by atoms with Crippen LogP contribution in [0.2, 0.25) is 0 Å². The van der Waals surface area contributed by atoms with Crippen molar-refractivity contribution in [2.24, 2.45) is 0 Å². The van der Waals surface area contributed by atoms with Gasteiger partial charge in [-0.1, -0.05) is 107 Å². The van der Waals surface area contributed by atoms with Gasteiger partial charge in [-0.25, -0.2) is 4.98 Å². The summed E-state index contributed by atoms with van der Waals surface area (Å²) in [6.45, 7) is 0. The standard InChI is InChI=1S/C25H40N2O2S/c28-24(29)20-14-12-10-8-6-4-2-1-3-5-7-9-11-13-17-21-30-25-26-22-18-15-16-19-23(22)27-25/h15-16,18-19H,1-14,17,20-21H2,(H,26,27)(H,28,29).